The summed E-state index contributed by atoms with van der Waals surface area (Å²) in [6.07, 6.45) is 2.07. The van der Waals surface area contributed by atoms with Crippen LogP contribution in [-0.4, -0.2) is 34.4 Å². The summed E-state index contributed by atoms with van der Waals surface area (Å²) in [7, 11) is 0. The van der Waals surface area contributed by atoms with Gasteiger partial charge >= 0.3 is 0 Å². The molecule has 3 aromatic rings. The van der Waals surface area contributed by atoms with E-state index >= 15 is 0 Å². The first-order chi connectivity index (χ1) is 13.8. The number of rotatable bonds is 3. The minimum absolute atomic E-state index is 0.294. The van der Waals surface area contributed by atoms with E-state index in [4.69, 9.17) is 16.6 Å². The smallest absolute Gasteiger partial charge is 0.147 e. The molecule has 1 N–H and O–H groups in total. The molecule has 0 bridgehead atoms. The molecule has 0 atom stereocenters. The molecule has 0 radical (unpaired) electrons. The maximum atomic E-state index is 9.50. The molecule has 4 rings (SSSR count). The van der Waals surface area contributed by atoms with Crippen LogP contribution in [0.25, 0.3) is 16.7 Å². The molecule has 1 aromatic carbocycles. The molecule has 3 heterocycles. The second-order valence-electron chi connectivity index (χ2n) is 8.53. The summed E-state index contributed by atoms with van der Waals surface area (Å²) < 4.78 is 2.31. The number of anilines is 1. The lowest BCUT2D eigenvalue weighted by atomic mass is 9.97. The highest BCUT2D eigenvalue weighted by Gasteiger charge is 2.25. The zero-order chi connectivity index (χ0) is 20.9. The fraction of sp³-hybridized carbons (Fsp3) is 0.458. The predicted octanol–water partition coefficient (Wildman–Crippen LogP) is 5.43. The van der Waals surface area contributed by atoms with Gasteiger partial charge in [0.2, 0.25) is 0 Å². The molecule has 5 heteroatoms. The SMILES string of the molecule is Cc1cc(N2CCC(CO)CC2)c2c(C)c(C)n(-c3c(C)cc(Cl)cc3C)c2n1. The molecule has 0 aliphatic carbocycles. The largest absolute Gasteiger partial charge is 0.396 e. The minimum Gasteiger partial charge on any atom is -0.396 e. The van der Waals surface area contributed by atoms with Crippen molar-refractivity contribution >= 4 is 28.3 Å². The third kappa shape index (κ3) is 3.43. The van der Waals surface area contributed by atoms with E-state index in [-0.39, 0.29) is 0 Å². The molecule has 0 spiro atoms. The van der Waals surface area contributed by atoms with Gasteiger partial charge < -0.3 is 10.0 Å². The highest BCUT2D eigenvalue weighted by Crippen LogP contribution is 2.38. The van der Waals surface area contributed by atoms with Crippen LogP contribution in [0.2, 0.25) is 5.02 Å². The summed E-state index contributed by atoms with van der Waals surface area (Å²) in [5.41, 5.74) is 9.30. The van der Waals surface area contributed by atoms with Crippen molar-refractivity contribution in [2.45, 2.75) is 47.5 Å². The third-order valence-electron chi connectivity index (χ3n) is 6.47. The number of fused-ring (bicyclic) bond motifs is 1. The lowest BCUT2D eigenvalue weighted by Gasteiger charge is -2.33. The van der Waals surface area contributed by atoms with E-state index in [1.807, 2.05) is 12.1 Å². The van der Waals surface area contributed by atoms with Crippen molar-refractivity contribution in [2.24, 2.45) is 5.92 Å². The summed E-state index contributed by atoms with van der Waals surface area (Å²) in [5, 5.41) is 11.5. The molecule has 1 saturated heterocycles. The van der Waals surface area contributed by atoms with Gasteiger partial charge in [-0.2, -0.15) is 0 Å². The Hall–Kier alpha value is -2.04. The van der Waals surface area contributed by atoms with Crippen molar-refractivity contribution in [3.8, 4) is 5.69 Å². The number of pyridine rings is 1. The lowest BCUT2D eigenvalue weighted by Crippen LogP contribution is -2.35. The molecule has 0 amide bonds. The van der Waals surface area contributed by atoms with Gasteiger partial charge in [-0.3, -0.25) is 4.57 Å². The highest BCUT2D eigenvalue weighted by atomic mass is 35.5. The zero-order valence-corrected chi connectivity index (χ0v) is 18.8. The molecule has 154 valence electrons. The van der Waals surface area contributed by atoms with Gasteiger partial charge in [-0.15, -0.1) is 0 Å². The number of halogens is 1. The molecule has 2 aromatic heterocycles. The van der Waals surface area contributed by atoms with Crippen molar-refractivity contribution in [1.82, 2.24) is 9.55 Å². The van der Waals surface area contributed by atoms with Gasteiger partial charge in [0.05, 0.1) is 5.69 Å². The van der Waals surface area contributed by atoms with E-state index in [1.54, 1.807) is 0 Å². The van der Waals surface area contributed by atoms with Crippen LogP contribution in [-0.2, 0) is 0 Å². The van der Waals surface area contributed by atoms with E-state index in [9.17, 15) is 5.11 Å². The standard InChI is InChI=1S/C24H30ClN3O/c1-14-10-20(25)11-15(2)23(14)28-18(5)17(4)22-21(12-16(3)26-24(22)28)27-8-6-19(13-29)7-9-27/h10-12,19,29H,6-9,13H2,1-5H3. The molecule has 29 heavy (non-hydrogen) atoms. The number of nitrogens with zero attached hydrogens (tertiary/aromatic N) is 3. The van der Waals surface area contributed by atoms with Crippen molar-refractivity contribution in [3.05, 3.63) is 51.3 Å². The lowest BCUT2D eigenvalue weighted by molar-refractivity contribution is 0.203. The van der Waals surface area contributed by atoms with Crippen molar-refractivity contribution in [2.75, 3.05) is 24.6 Å². The monoisotopic (exact) mass is 411 g/mol. The summed E-state index contributed by atoms with van der Waals surface area (Å²) in [5.74, 6) is 0.427. The van der Waals surface area contributed by atoms with Crippen LogP contribution in [0, 0.1) is 40.5 Å². The number of piperidine rings is 1. The topological polar surface area (TPSA) is 41.3 Å². The average Bonchev–Trinajstić information content (AvgIpc) is 2.92. The maximum Gasteiger partial charge on any atom is 0.147 e. The minimum atomic E-state index is 0.294. The number of aliphatic hydroxyl groups excluding tert-OH is 1. The Bertz CT molecular complexity index is 1050. The number of hydrogen-bond acceptors (Lipinski definition) is 3. The Morgan fingerprint density at radius 1 is 1.03 bits per heavy atom. The van der Waals surface area contributed by atoms with Crippen LogP contribution in [0.4, 0.5) is 5.69 Å². The quantitative estimate of drug-likeness (QED) is 0.624. The predicted molar refractivity (Wildman–Crippen MR) is 122 cm³/mol. The van der Waals surface area contributed by atoms with Crippen molar-refractivity contribution in [1.29, 1.82) is 0 Å². The van der Waals surface area contributed by atoms with Crippen LogP contribution in [0.3, 0.4) is 0 Å². The van der Waals surface area contributed by atoms with Gasteiger partial charge in [-0.1, -0.05) is 11.6 Å². The van der Waals surface area contributed by atoms with Gasteiger partial charge in [0.15, 0.2) is 0 Å². The van der Waals surface area contributed by atoms with Gasteiger partial charge in [0, 0.05) is 47.2 Å². The Morgan fingerprint density at radius 2 is 1.66 bits per heavy atom. The molecule has 4 nitrogen and oxygen atoms in total. The molecule has 1 aliphatic heterocycles. The van der Waals surface area contributed by atoms with Crippen molar-refractivity contribution in [3.63, 3.8) is 0 Å². The van der Waals surface area contributed by atoms with E-state index in [2.05, 4.69) is 50.2 Å². The summed E-state index contributed by atoms with van der Waals surface area (Å²) in [4.78, 5) is 7.46. The van der Waals surface area contributed by atoms with E-state index in [0.717, 1.165) is 53.4 Å². The Balaban J connectivity index is 1.94. The Labute approximate surface area is 178 Å². The first kappa shape index (κ1) is 20.2. The molecular weight excluding hydrogens is 382 g/mol. The maximum absolute atomic E-state index is 9.50. The van der Waals surface area contributed by atoms with Crippen LogP contribution in [0.15, 0.2) is 18.2 Å². The molecule has 1 fully saturated rings. The second-order valence-corrected chi connectivity index (χ2v) is 8.96. The van der Waals surface area contributed by atoms with Crippen LogP contribution in [0.5, 0.6) is 0 Å². The number of benzene rings is 1. The fourth-order valence-electron chi connectivity index (χ4n) is 4.80. The average molecular weight is 412 g/mol. The second kappa shape index (κ2) is 7.66. The van der Waals surface area contributed by atoms with E-state index < -0.39 is 0 Å². The van der Waals surface area contributed by atoms with Crippen LogP contribution < -0.4 is 4.90 Å². The number of aliphatic hydroxyl groups is 1. The first-order valence-electron chi connectivity index (χ1n) is 10.4. The van der Waals surface area contributed by atoms with E-state index in [0.29, 0.717) is 12.5 Å². The molecule has 1 aliphatic rings. The fourth-order valence-corrected chi connectivity index (χ4v) is 5.13. The van der Waals surface area contributed by atoms with Gasteiger partial charge in [0.25, 0.3) is 0 Å². The summed E-state index contributed by atoms with van der Waals surface area (Å²) in [6, 6.07) is 6.28. The number of aryl methyl sites for hydroxylation is 4. The first-order valence-corrected chi connectivity index (χ1v) is 10.8. The highest BCUT2D eigenvalue weighted by molar-refractivity contribution is 6.30. The molecular formula is C24H30ClN3O. The van der Waals surface area contributed by atoms with Crippen molar-refractivity contribution < 1.29 is 5.11 Å². The van der Waals surface area contributed by atoms with Crippen LogP contribution in [0.1, 0.15) is 40.9 Å². The Kier molecular flexibility index (Phi) is 5.34. The number of hydrogen-bond donors (Lipinski definition) is 1. The molecule has 0 saturated carbocycles. The van der Waals surface area contributed by atoms with Gasteiger partial charge in [-0.05, 0) is 88.3 Å². The van der Waals surface area contributed by atoms with E-state index in [1.165, 1.54) is 28.0 Å². The normalized spacial score (nSPS) is 15.5. The molecule has 0 unspecified atom stereocenters. The summed E-state index contributed by atoms with van der Waals surface area (Å²) >= 11 is 6.30. The van der Waals surface area contributed by atoms with Gasteiger partial charge in [0.1, 0.15) is 5.65 Å². The number of aromatic nitrogens is 2. The zero-order valence-electron chi connectivity index (χ0n) is 18.0. The van der Waals surface area contributed by atoms with Gasteiger partial charge in [-0.25, -0.2) is 4.98 Å². The Morgan fingerprint density at radius 3 is 2.24 bits per heavy atom. The van der Waals surface area contributed by atoms with Crippen LogP contribution >= 0.6 is 11.6 Å². The summed E-state index contributed by atoms with van der Waals surface area (Å²) in [6.45, 7) is 12.9. The third-order valence-corrected chi connectivity index (χ3v) is 6.68.